The number of hydrogen-bond acceptors (Lipinski definition) is 6. The van der Waals surface area contributed by atoms with Gasteiger partial charge in [0.25, 0.3) is 0 Å². The largest absolute Gasteiger partial charge is 0.478 e. The second-order valence-corrected chi connectivity index (χ2v) is 3.87. The summed E-state index contributed by atoms with van der Waals surface area (Å²) in [5, 5.41) is 26.2. The molecule has 3 rings (SSSR count). The maximum Gasteiger partial charge on any atom is 0.335 e. The third kappa shape index (κ3) is 2.11. The Morgan fingerprint density at radius 2 is 2.15 bits per heavy atom. The first-order valence-electron chi connectivity index (χ1n) is 5.49. The lowest BCUT2D eigenvalue weighted by atomic mass is 10.2. The molecule has 1 aromatic carbocycles. The lowest BCUT2D eigenvalue weighted by molar-refractivity contribution is 0.0696. The summed E-state index contributed by atoms with van der Waals surface area (Å²) in [6.07, 6.45) is 0. The molecule has 0 saturated carbocycles. The average molecular weight is 274 g/mol. The minimum atomic E-state index is -1.19. The molecule has 2 N–H and O–H groups in total. The van der Waals surface area contributed by atoms with Gasteiger partial charge in [-0.1, -0.05) is 0 Å². The van der Waals surface area contributed by atoms with Crippen molar-refractivity contribution < 1.29 is 14.3 Å². The smallest absolute Gasteiger partial charge is 0.335 e. The van der Waals surface area contributed by atoms with E-state index in [0.717, 1.165) is 6.07 Å². The van der Waals surface area contributed by atoms with Crippen LogP contribution >= 0.6 is 0 Å². The molecule has 0 fully saturated rings. The molecule has 0 aliphatic carbocycles. The Bertz CT molecular complexity index is 802. The van der Waals surface area contributed by atoms with Gasteiger partial charge in [0.2, 0.25) is 0 Å². The summed E-state index contributed by atoms with van der Waals surface area (Å²) < 4.78 is 14.9. The van der Waals surface area contributed by atoms with E-state index in [4.69, 9.17) is 5.11 Å². The molecule has 3 aromatic rings. The van der Waals surface area contributed by atoms with E-state index in [1.54, 1.807) is 12.1 Å². The number of carbonyl (C=O) groups is 1. The second-order valence-electron chi connectivity index (χ2n) is 3.87. The second kappa shape index (κ2) is 4.53. The third-order valence-corrected chi connectivity index (χ3v) is 2.55. The molecule has 100 valence electrons. The van der Waals surface area contributed by atoms with Crippen LogP contribution in [0.5, 0.6) is 0 Å². The van der Waals surface area contributed by atoms with Crippen LogP contribution in [0, 0.1) is 5.82 Å². The highest BCUT2D eigenvalue weighted by molar-refractivity contribution is 5.88. The normalized spacial score (nSPS) is 10.7. The summed E-state index contributed by atoms with van der Waals surface area (Å²) in [4.78, 5) is 10.7. The summed E-state index contributed by atoms with van der Waals surface area (Å²) in [5.74, 6) is -1.56. The van der Waals surface area contributed by atoms with Crippen molar-refractivity contribution in [3.63, 3.8) is 0 Å². The fourth-order valence-corrected chi connectivity index (χ4v) is 1.60. The number of anilines is 2. The van der Waals surface area contributed by atoms with Crippen molar-refractivity contribution in [2.75, 3.05) is 5.32 Å². The summed E-state index contributed by atoms with van der Waals surface area (Å²) in [7, 11) is 0. The van der Waals surface area contributed by atoms with Crippen LogP contribution in [0.15, 0.2) is 30.3 Å². The van der Waals surface area contributed by atoms with Crippen molar-refractivity contribution in [3.8, 4) is 0 Å². The molecule has 2 heterocycles. The summed E-state index contributed by atoms with van der Waals surface area (Å²) in [6, 6.07) is 6.74. The number of nitrogens with one attached hydrogen (secondary N) is 1. The fourth-order valence-electron chi connectivity index (χ4n) is 1.60. The summed E-state index contributed by atoms with van der Waals surface area (Å²) in [5.41, 5.74) is 0.434. The molecule has 0 aliphatic heterocycles. The maximum absolute atomic E-state index is 13.7. The number of fused-ring (bicyclic) bond motifs is 1. The number of halogens is 1. The predicted octanol–water partition coefficient (Wildman–Crippen LogP) is 1.10. The minimum Gasteiger partial charge on any atom is -0.478 e. The lowest BCUT2D eigenvalue weighted by Crippen LogP contribution is -2.03. The molecule has 0 radical (unpaired) electrons. The number of aromatic nitrogens is 5. The number of hydrogen-bond donors (Lipinski definition) is 2. The van der Waals surface area contributed by atoms with Crippen molar-refractivity contribution in [1.29, 1.82) is 0 Å². The topological polar surface area (TPSA) is 105 Å². The molecule has 0 amide bonds. The highest BCUT2D eigenvalue weighted by atomic mass is 19.1. The van der Waals surface area contributed by atoms with Gasteiger partial charge in [0.15, 0.2) is 11.5 Å². The van der Waals surface area contributed by atoms with Crippen molar-refractivity contribution in [2.45, 2.75) is 0 Å². The maximum atomic E-state index is 13.7. The Labute approximate surface area is 110 Å². The molecule has 2 aromatic heterocycles. The quantitative estimate of drug-likeness (QED) is 0.736. The van der Waals surface area contributed by atoms with Gasteiger partial charge < -0.3 is 10.4 Å². The molecule has 8 nitrogen and oxygen atoms in total. The number of carboxylic acid groups (broad SMARTS) is 1. The van der Waals surface area contributed by atoms with E-state index >= 15 is 0 Å². The van der Waals surface area contributed by atoms with E-state index in [9.17, 15) is 9.18 Å². The van der Waals surface area contributed by atoms with Gasteiger partial charge in [0.1, 0.15) is 5.82 Å². The molecular weight excluding hydrogens is 267 g/mol. The first-order chi connectivity index (χ1) is 9.63. The molecule has 0 unspecified atom stereocenters. The highest BCUT2D eigenvalue weighted by Crippen LogP contribution is 2.19. The Balaban J connectivity index is 1.92. The standard InChI is InChI=1S/C11H7FN6O2/c12-7-5-6(11(19)20)1-2-8(7)13-9-3-4-10-14-16-17-18(10)15-9/h1-5H,(H,13,15)(H,19,20). The van der Waals surface area contributed by atoms with Crippen molar-refractivity contribution in [1.82, 2.24) is 25.3 Å². The van der Waals surface area contributed by atoms with Crippen LogP contribution in [0.4, 0.5) is 15.9 Å². The third-order valence-electron chi connectivity index (χ3n) is 2.55. The lowest BCUT2D eigenvalue weighted by Gasteiger charge is -2.06. The zero-order valence-corrected chi connectivity index (χ0v) is 9.86. The average Bonchev–Trinajstić information content (AvgIpc) is 2.88. The summed E-state index contributed by atoms with van der Waals surface area (Å²) in [6.45, 7) is 0. The van der Waals surface area contributed by atoms with Crippen molar-refractivity contribution in [3.05, 3.63) is 41.7 Å². The van der Waals surface area contributed by atoms with Gasteiger partial charge in [0, 0.05) is 0 Å². The van der Waals surface area contributed by atoms with Gasteiger partial charge in [-0.15, -0.1) is 14.8 Å². The summed E-state index contributed by atoms with van der Waals surface area (Å²) >= 11 is 0. The molecule has 0 saturated heterocycles. The molecule has 0 aliphatic rings. The number of rotatable bonds is 3. The predicted molar refractivity (Wildman–Crippen MR) is 65.2 cm³/mol. The number of tetrazole rings is 1. The molecule has 0 atom stereocenters. The molecular formula is C11H7FN6O2. The van der Waals surface area contributed by atoms with Crippen molar-refractivity contribution >= 4 is 23.1 Å². The van der Waals surface area contributed by atoms with Crippen LogP contribution in [-0.2, 0) is 0 Å². The van der Waals surface area contributed by atoms with Crippen LogP contribution in [0.2, 0.25) is 0 Å². The van der Waals surface area contributed by atoms with E-state index in [2.05, 4.69) is 25.9 Å². The first kappa shape index (κ1) is 12.0. The van der Waals surface area contributed by atoms with Crippen molar-refractivity contribution in [2.24, 2.45) is 0 Å². The van der Waals surface area contributed by atoms with E-state index in [-0.39, 0.29) is 11.3 Å². The van der Waals surface area contributed by atoms with Crippen LogP contribution in [0.25, 0.3) is 5.65 Å². The Hall–Kier alpha value is -3.10. The van der Waals surface area contributed by atoms with E-state index in [0.29, 0.717) is 11.5 Å². The number of nitrogens with zero attached hydrogens (tertiary/aromatic N) is 5. The van der Waals surface area contributed by atoms with Gasteiger partial charge >= 0.3 is 5.97 Å². The minimum absolute atomic E-state index is 0.106. The van der Waals surface area contributed by atoms with Gasteiger partial charge in [-0.2, -0.15) is 0 Å². The zero-order chi connectivity index (χ0) is 14.1. The first-order valence-corrected chi connectivity index (χ1v) is 5.49. The fraction of sp³-hybridized carbons (Fsp3) is 0. The van der Waals surface area contributed by atoms with Crippen LogP contribution in [0.1, 0.15) is 10.4 Å². The van der Waals surface area contributed by atoms with E-state index in [1.807, 2.05) is 0 Å². The molecule has 0 bridgehead atoms. The zero-order valence-electron chi connectivity index (χ0n) is 9.86. The van der Waals surface area contributed by atoms with E-state index < -0.39 is 11.8 Å². The van der Waals surface area contributed by atoms with Gasteiger partial charge in [-0.3, -0.25) is 0 Å². The van der Waals surface area contributed by atoms with Crippen LogP contribution < -0.4 is 5.32 Å². The highest BCUT2D eigenvalue weighted by Gasteiger charge is 2.09. The van der Waals surface area contributed by atoms with Crippen LogP contribution in [0.3, 0.4) is 0 Å². The van der Waals surface area contributed by atoms with Gasteiger partial charge in [-0.25, -0.2) is 9.18 Å². The van der Waals surface area contributed by atoms with E-state index in [1.165, 1.54) is 16.8 Å². The van der Waals surface area contributed by atoms with Gasteiger partial charge in [0.05, 0.1) is 11.3 Å². The number of aromatic carboxylic acids is 1. The van der Waals surface area contributed by atoms with Gasteiger partial charge in [-0.05, 0) is 40.8 Å². The number of carboxylic acids is 1. The molecule has 9 heteroatoms. The number of benzene rings is 1. The van der Waals surface area contributed by atoms with Crippen LogP contribution in [-0.4, -0.2) is 36.3 Å². The Morgan fingerprint density at radius 1 is 1.30 bits per heavy atom. The Kier molecular flexibility index (Phi) is 2.71. The SMILES string of the molecule is O=C(O)c1ccc(Nc2ccc3nnnn3n2)c(F)c1. The molecule has 0 spiro atoms. The molecule has 20 heavy (non-hydrogen) atoms. The monoisotopic (exact) mass is 274 g/mol. The Morgan fingerprint density at radius 3 is 2.90 bits per heavy atom.